The molecule has 5 rings (SSSR count). The van der Waals surface area contributed by atoms with Gasteiger partial charge in [-0.25, -0.2) is 12.7 Å². The Morgan fingerprint density at radius 3 is 2.63 bits per heavy atom. The van der Waals surface area contributed by atoms with Crippen LogP contribution in [0.15, 0.2) is 29.2 Å². The van der Waals surface area contributed by atoms with E-state index in [1.165, 1.54) is 18.4 Å². The van der Waals surface area contributed by atoms with Crippen LogP contribution in [-0.2, 0) is 19.6 Å². The van der Waals surface area contributed by atoms with Crippen LogP contribution >= 0.6 is 0 Å². The van der Waals surface area contributed by atoms with Crippen LogP contribution < -0.4 is 0 Å². The Morgan fingerprint density at radius 1 is 1.23 bits per heavy atom. The number of hydrogen-bond donors (Lipinski definition) is 0. The van der Waals surface area contributed by atoms with Gasteiger partial charge in [-0.3, -0.25) is 14.5 Å². The van der Waals surface area contributed by atoms with Crippen molar-refractivity contribution in [3.05, 3.63) is 29.8 Å². The highest BCUT2D eigenvalue weighted by atomic mass is 32.2. The molecule has 1 aromatic rings. The molecule has 2 bridgehead atoms. The topological polar surface area (TPSA) is 105 Å². The van der Waals surface area contributed by atoms with E-state index in [0.29, 0.717) is 19.0 Å². The van der Waals surface area contributed by atoms with Crippen molar-refractivity contribution in [1.82, 2.24) is 19.0 Å². The number of fused-ring (bicyclic) bond motifs is 3. The standard InChI is InChI=1S/C25H33N5O4S/c1-15(24(31)30-19(12-26)8-18-10-22(18)30)13-28-14-20-11-23(28)25(32)29(20)16(2)17-6-5-7-21(9-17)35(33,34)27(3)4/h5-7,9,15-16,18-20,22-23H,8,10-11,13-14H2,1-4H3/t15-,16+,18+,19-,20+,22?,23+/m0/s1. The number of piperidine rings is 1. The largest absolute Gasteiger partial charge is 0.330 e. The van der Waals surface area contributed by atoms with Crippen molar-refractivity contribution >= 4 is 21.8 Å². The lowest BCUT2D eigenvalue weighted by atomic mass is 10.0. The van der Waals surface area contributed by atoms with Gasteiger partial charge in [0.05, 0.1) is 23.0 Å². The zero-order chi connectivity index (χ0) is 25.2. The SMILES string of the molecule is C[C@H](c1cccc(S(=O)(=O)N(C)C)c1)N1C(=O)[C@H]2C[C@@H]1CN2C[C@H](C)C(=O)N1C2C[C@H]2C[C@H]1C#N. The summed E-state index contributed by atoms with van der Waals surface area (Å²) in [5.41, 5.74) is 0.791. The summed E-state index contributed by atoms with van der Waals surface area (Å²) in [4.78, 5) is 32.5. The number of carbonyl (C=O) groups excluding carboxylic acids is 2. The number of rotatable bonds is 7. The van der Waals surface area contributed by atoms with Crippen LogP contribution in [0.4, 0.5) is 0 Å². The van der Waals surface area contributed by atoms with Crippen LogP contribution in [0.5, 0.6) is 0 Å². The maximum absolute atomic E-state index is 13.4. The first kappa shape index (κ1) is 24.2. The summed E-state index contributed by atoms with van der Waals surface area (Å²) in [6.45, 7) is 5.05. The molecule has 4 fully saturated rings. The number of sulfonamides is 1. The third-order valence-electron chi connectivity index (χ3n) is 8.29. The quantitative estimate of drug-likeness (QED) is 0.562. The van der Waals surface area contributed by atoms with Gasteiger partial charge in [0.25, 0.3) is 0 Å². The normalized spacial score (nSPS) is 31.5. The summed E-state index contributed by atoms with van der Waals surface area (Å²) in [5, 5.41) is 9.43. The Labute approximate surface area is 207 Å². The summed E-state index contributed by atoms with van der Waals surface area (Å²) >= 11 is 0. The van der Waals surface area contributed by atoms with Gasteiger partial charge < -0.3 is 9.80 Å². The monoisotopic (exact) mass is 499 g/mol. The minimum atomic E-state index is -3.56. The second kappa shape index (κ2) is 8.57. The molecule has 2 amide bonds. The van der Waals surface area contributed by atoms with Gasteiger partial charge in [-0.1, -0.05) is 19.1 Å². The molecule has 3 heterocycles. The van der Waals surface area contributed by atoms with Crippen molar-refractivity contribution in [2.45, 2.75) is 68.2 Å². The first-order chi connectivity index (χ1) is 16.5. The molecular formula is C25H33N5O4S. The minimum absolute atomic E-state index is 0.0286. The molecule has 0 radical (unpaired) electrons. The van der Waals surface area contributed by atoms with Gasteiger partial charge in [0, 0.05) is 45.2 Å². The number of likely N-dealkylation sites (tertiary alicyclic amines) is 3. The summed E-state index contributed by atoms with van der Waals surface area (Å²) in [6.07, 6.45) is 2.51. The molecule has 0 aromatic heterocycles. The van der Waals surface area contributed by atoms with Crippen molar-refractivity contribution in [3.8, 4) is 6.07 Å². The summed E-state index contributed by atoms with van der Waals surface area (Å²) in [5.74, 6) is 0.283. The Morgan fingerprint density at radius 2 is 1.97 bits per heavy atom. The average Bonchev–Trinajstić information content (AvgIpc) is 3.15. The second-order valence-corrected chi connectivity index (χ2v) is 12.9. The molecule has 1 aliphatic carbocycles. The first-order valence-corrected chi connectivity index (χ1v) is 13.8. The summed E-state index contributed by atoms with van der Waals surface area (Å²) in [7, 11) is -0.555. The van der Waals surface area contributed by atoms with E-state index in [0.717, 1.165) is 24.8 Å². The fourth-order valence-electron chi connectivity index (χ4n) is 6.28. The lowest BCUT2D eigenvalue weighted by Gasteiger charge is -2.38. The van der Waals surface area contributed by atoms with Gasteiger partial charge in [0.2, 0.25) is 21.8 Å². The molecule has 188 valence electrons. The number of nitriles is 1. The van der Waals surface area contributed by atoms with E-state index in [9.17, 15) is 23.3 Å². The Kier molecular flexibility index (Phi) is 5.93. The van der Waals surface area contributed by atoms with Crippen LogP contribution in [0, 0.1) is 23.2 Å². The highest BCUT2D eigenvalue weighted by Crippen LogP contribution is 2.48. The van der Waals surface area contributed by atoms with Crippen LogP contribution in [0.1, 0.15) is 44.7 Å². The van der Waals surface area contributed by atoms with E-state index in [1.807, 2.05) is 24.8 Å². The predicted molar refractivity (Wildman–Crippen MR) is 128 cm³/mol. The van der Waals surface area contributed by atoms with E-state index in [-0.39, 0.29) is 52.8 Å². The van der Waals surface area contributed by atoms with Gasteiger partial charge in [-0.15, -0.1) is 0 Å². The highest BCUT2D eigenvalue weighted by molar-refractivity contribution is 7.89. The van der Waals surface area contributed by atoms with Crippen LogP contribution in [0.3, 0.4) is 0 Å². The van der Waals surface area contributed by atoms with Crippen LogP contribution in [0.2, 0.25) is 0 Å². The molecule has 7 atom stereocenters. The molecule has 4 aliphatic rings. The fraction of sp³-hybridized carbons (Fsp3) is 0.640. The molecule has 1 saturated carbocycles. The smallest absolute Gasteiger partial charge is 0.242 e. The predicted octanol–water partition coefficient (Wildman–Crippen LogP) is 1.43. The number of hydrogen-bond acceptors (Lipinski definition) is 6. The molecule has 9 nitrogen and oxygen atoms in total. The zero-order valence-electron chi connectivity index (χ0n) is 20.7. The van der Waals surface area contributed by atoms with E-state index in [2.05, 4.69) is 11.0 Å². The number of nitrogens with zero attached hydrogens (tertiary/aromatic N) is 5. The first-order valence-electron chi connectivity index (χ1n) is 12.3. The third-order valence-corrected chi connectivity index (χ3v) is 10.1. The molecule has 1 aromatic carbocycles. The molecule has 0 N–H and O–H groups in total. The van der Waals surface area contributed by atoms with Gasteiger partial charge in [-0.05, 0) is 49.8 Å². The molecule has 1 unspecified atom stereocenters. The van der Waals surface area contributed by atoms with E-state index in [1.54, 1.807) is 23.1 Å². The van der Waals surface area contributed by atoms with Crippen molar-refractivity contribution in [1.29, 1.82) is 5.26 Å². The highest BCUT2D eigenvalue weighted by Gasteiger charge is 2.55. The fourth-order valence-corrected chi connectivity index (χ4v) is 7.24. The Bertz CT molecular complexity index is 1190. The van der Waals surface area contributed by atoms with Gasteiger partial charge in [0.1, 0.15) is 6.04 Å². The van der Waals surface area contributed by atoms with Crippen molar-refractivity contribution in [3.63, 3.8) is 0 Å². The van der Waals surface area contributed by atoms with Gasteiger partial charge >= 0.3 is 0 Å². The Balaban J connectivity index is 1.25. The number of benzene rings is 1. The lowest BCUT2D eigenvalue weighted by Crippen LogP contribution is -2.53. The molecular weight excluding hydrogens is 466 g/mol. The average molecular weight is 500 g/mol. The van der Waals surface area contributed by atoms with Crippen molar-refractivity contribution in [2.75, 3.05) is 27.2 Å². The van der Waals surface area contributed by atoms with Crippen molar-refractivity contribution < 1.29 is 18.0 Å². The summed E-state index contributed by atoms with van der Waals surface area (Å²) < 4.78 is 26.3. The van der Waals surface area contributed by atoms with Crippen LogP contribution in [0.25, 0.3) is 0 Å². The van der Waals surface area contributed by atoms with E-state index in [4.69, 9.17) is 0 Å². The third kappa shape index (κ3) is 3.94. The van der Waals surface area contributed by atoms with E-state index < -0.39 is 10.0 Å². The zero-order valence-corrected chi connectivity index (χ0v) is 21.5. The number of amides is 2. The number of carbonyl (C=O) groups is 2. The van der Waals surface area contributed by atoms with Crippen LogP contribution in [-0.4, -0.2) is 90.6 Å². The molecule has 3 saturated heterocycles. The van der Waals surface area contributed by atoms with Gasteiger partial charge in [-0.2, -0.15) is 5.26 Å². The minimum Gasteiger partial charge on any atom is -0.330 e. The van der Waals surface area contributed by atoms with E-state index >= 15 is 0 Å². The lowest BCUT2D eigenvalue weighted by molar-refractivity contribution is -0.142. The van der Waals surface area contributed by atoms with Gasteiger partial charge in [0.15, 0.2) is 0 Å². The molecule has 10 heteroatoms. The summed E-state index contributed by atoms with van der Waals surface area (Å²) in [6, 6.07) is 8.55. The number of piperazine rings is 1. The maximum atomic E-state index is 13.4. The Hall–Kier alpha value is -2.48. The second-order valence-electron chi connectivity index (χ2n) is 10.7. The molecule has 3 aliphatic heterocycles. The molecule has 0 spiro atoms. The van der Waals surface area contributed by atoms with Crippen molar-refractivity contribution in [2.24, 2.45) is 11.8 Å². The maximum Gasteiger partial charge on any atom is 0.242 e. The molecule has 35 heavy (non-hydrogen) atoms.